The number of carbonyl (C=O) groups is 1. The molecule has 0 radical (unpaired) electrons. The van der Waals surface area contributed by atoms with Gasteiger partial charge in [0.2, 0.25) is 0 Å². The number of fused-ring (bicyclic) bond motifs is 1. The number of hydrogen-bond acceptors (Lipinski definition) is 3. The largest absolute Gasteiger partial charge is 0.468 e. The minimum atomic E-state index is 0.0724. The minimum absolute atomic E-state index is 0.0724. The number of carbonyl (C=O) groups excluding carboxylic acids is 1. The molecule has 3 heteroatoms. The predicted octanol–water partition coefficient (Wildman–Crippen LogP) is 4.25. The van der Waals surface area contributed by atoms with Crippen molar-refractivity contribution in [3.05, 3.63) is 77.9 Å². The highest BCUT2D eigenvalue weighted by Gasteiger charge is 2.09. The van der Waals surface area contributed by atoms with Crippen LogP contribution < -0.4 is 4.74 Å². The number of Topliss-reactive ketones (excluding diaryl/α,β-unsaturated/α-hetero) is 1. The summed E-state index contributed by atoms with van der Waals surface area (Å²) in [5.74, 6) is 0.708. The molecule has 0 amide bonds. The SMILES string of the molecule is COCOc1cccc(C(=O)Cc2ccc3ccccc3c2)c1. The van der Waals surface area contributed by atoms with Gasteiger partial charge in [-0.05, 0) is 28.5 Å². The van der Waals surface area contributed by atoms with Crippen molar-refractivity contribution in [2.45, 2.75) is 6.42 Å². The molecule has 3 aromatic carbocycles. The van der Waals surface area contributed by atoms with Crippen molar-refractivity contribution >= 4 is 16.6 Å². The van der Waals surface area contributed by atoms with Gasteiger partial charge in [0.15, 0.2) is 12.6 Å². The summed E-state index contributed by atoms with van der Waals surface area (Å²) >= 11 is 0. The van der Waals surface area contributed by atoms with E-state index < -0.39 is 0 Å². The molecule has 0 aliphatic carbocycles. The van der Waals surface area contributed by atoms with E-state index in [0.29, 0.717) is 17.7 Å². The molecule has 0 fully saturated rings. The summed E-state index contributed by atoms with van der Waals surface area (Å²) in [6.45, 7) is 0.169. The number of ether oxygens (including phenoxy) is 2. The van der Waals surface area contributed by atoms with Crippen LogP contribution in [0.15, 0.2) is 66.7 Å². The first-order chi connectivity index (χ1) is 11.3. The van der Waals surface area contributed by atoms with Gasteiger partial charge in [-0.25, -0.2) is 0 Å². The molecular weight excluding hydrogens is 288 g/mol. The molecule has 0 atom stereocenters. The van der Waals surface area contributed by atoms with Gasteiger partial charge in [-0.3, -0.25) is 4.79 Å². The van der Waals surface area contributed by atoms with Crippen molar-refractivity contribution in [2.75, 3.05) is 13.9 Å². The van der Waals surface area contributed by atoms with Crippen molar-refractivity contribution in [1.29, 1.82) is 0 Å². The highest BCUT2D eigenvalue weighted by atomic mass is 16.7. The molecule has 0 unspecified atom stereocenters. The van der Waals surface area contributed by atoms with E-state index in [1.807, 2.05) is 36.4 Å². The first-order valence-corrected chi connectivity index (χ1v) is 7.49. The topological polar surface area (TPSA) is 35.5 Å². The third-order valence-corrected chi connectivity index (χ3v) is 3.68. The Morgan fingerprint density at radius 3 is 2.57 bits per heavy atom. The van der Waals surface area contributed by atoms with E-state index in [4.69, 9.17) is 9.47 Å². The van der Waals surface area contributed by atoms with Crippen LogP contribution in [-0.4, -0.2) is 19.7 Å². The molecule has 0 saturated carbocycles. The van der Waals surface area contributed by atoms with Gasteiger partial charge < -0.3 is 9.47 Å². The zero-order chi connectivity index (χ0) is 16.1. The summed E-state index contributed by atoms with van der Waals surface area (Å²) in [6, 6.07) is 21.5. The fourth-order valence-electron chi connectivity index (χ4n) is 2.52. The number of ketones is 1. The number of methoxy groups -OCH3 is 1. The van der Waals surface area contributed by atoms with Gasteiger partial charge in [0.05, 0.1) is 0 Å². The van der Waals surface area contributed by atoms with Crippen molar-refractivity contribution in [1.82, 2.24) is 0 Å². The maximum atomic E-state index is 12.5. The standard InChI is InChI=1S/C20H18O3/c1-22-14-23-19-8-4-7-18(13-19)20(21)12-15-9-10-16-5-2-3-6-17(16)11-15/h2-11,13H,12,14H2,1H3. The van der Waals surface area contributed by atoms with Crippen LogP contribution in [0.1, 0.15) is 15.9 Å². The number of rotatable bonds is 6. The molecule has 0 aromatic heterocycles. The summed E-state index contributed by atoms with van der Waals surface area (Å²) in [7, 11) is 1.56. The van der Waals surface area contributed by atoms with Crippen molar-refractivity contribution < 1.29 is 14.3 Å². The Bertz CT molecular complexity index is 824. The average Bonchev–Trinajstić information content (AvgIpc) is 2.60. The molecular formula is C20H18O3. The van der Waals surface area contributed by atoms with Crippen LogP contribution in [-0.2, 0) is 11.2 Å². The molecule has 3 aromatic rings. The minimum Gasteiger partial charge on any atom is -0.468 e. The third-order valence-electron chi connectivity index (χ3n) is 3.68. The molecule has 23 heavy (non-hydrogen) atoms. The lowest BCUT2D eigenvalue weighted by molar-refractivity contribution is 0.0510. The Hall–Kier alpha value is -2.65. The fourth-order valence-corrected chi connectivity index (χ4v) is 2.52. The van der Waals surface area contributed by atoms with Crippen LogP contribution >= 0.6 is 0 Å². The maximum absolute atomic E-state index is 12.5. The molecule has 0 saturated heterocycles. The van der Waals surface area contributed by atoms with Gasteiger partial charge in [0, 0.05) is 19.1 Å². The lowest BCUT2D eigenvalue weighted by atomic mass is 10.00. The van der Waals surface area contributed by atoms with Crippen LogP contribution in [0.25, 0.3) is 10.8 Å². The van der Waals surface area contributed by atoms with Crippen molar-refractivity contribution in [3.8, 4) is 5.75 Å². The van der Waals surface area contributed by atoms with Crippen LogP contribution in [0.4, 0.5) is 0 Å². The lowest BCUT2D eigenvalue weighted by Gasteiger charge is -2.07. The van der Waals surface area contributed by atoms with E-state index in [9.17, 15) is 4.79 Å². The molecule has 0 aliphatic heterocycles. The highest BCUT2D eigenvalue weighted by Crippen LogP contribution is 2.19. The molecule has 116 valence electrons. The Morgan fingerprint density at radius 2 is 1.74 bits per heavy atom. The molecule has 0 aliphatic rings. The first kappa shape index (κ1) is 15.3. The molecule has 0 N–H and O–H groups in total. The second-order valence-electron chi connectivity index (χ2n) is 5.36. The van der Waals surface area contributed by atoms with Gasteiger partial charge in [0.1, 0.15) is 5.75 Å². The van der Waals surface area contributed by atoms with E-state index in [0.717, 1.165) is 10.9 Å². The zero-order valence-electron chi connectivity index (χ0n) is 13.0. The van der Waals surface area contributed by atoms with Gasteiger partial charge in [-0.2, -0.15) is 0 Å². The molecule has 0 spiro atoms. The number of hydrogen-bond donors (Lipinski definition) is 0. The lowest BCUT2D eigenvalue weighted by Crippen LogP contribution is -2.05. The third kappa shape index (κ3) is 3.76. The summed E-state index contributed by atoms with van der Waals surface area (Å²) in [6.07, 6.45) is 0.374. The van der Waals surface area contributed by atoms with Gasteiger partial charge in [-0.1, -0.05) is 54.6 Å². The molecule has 3 nitrogen and oxygen atoms in total. The van der Waals surface area contributed by atoms with Crippen LogP contribution in [0.3, 0.4) is 0 Å². The van der Waals surface area contributed by atoms with E-state index in [1.54, 1.807) is 13.2 Å². The summed E-state index contributed by atoms with van der Waals surface area (Å²) in [5.41, 5.74) is 1.66. The Labute approximate surface area is 135 Å². The number of benzene rings is 3. The predicted molar refractivity (Wildman–Crippen MR) is 90.9 cm³/mol. The second kappa shape index (κ2) is 7.07. The van der Waals surface area contributed by atoms with Gasteiger partial charge in [-0.15, -0.1) is 0 Å². The molecule has 0 bridgehead atoms. The van der Waals surface area contributed by atoms with E-state index in [2.05, 4.69) is 24.3 Å². The van der Waals surface area contributed by atoms with Crippen molar-refractivity contribution in [3.63, 3.8) is 0 Å². The highest BCUT2D eigenvalue weighted by molar-refractivity contribution is 5.98. The Morgan fingerprint density at radius 1 is 0.913 bits per heavy atom. The molecule has 0 heterocycles. The molecule has 3 rings (SSSR count). The maximum Gasteiger partial charge on any atom is 0.188 e. The zero-order valence-corrected chi connectivity index (χ0v) is 13.0. The summed E-state index contributed by atoms with van der Waals surface area (Å²) in [5, 5.41) is 2.33. The normalized spacial score (nSPS) is 10.7. The smallest absolute Gasteiger partial charge is 0.188 e. The average molecular weight is 306 g/mol. The van der Waals surface area contributed by atoms with Crippen LogP contribution in [0, 0.1) is 0 Å². The fraction of sp³-hybridized carbons (Fsp3) is 0.150. The van der Waals surface area contributed by atoms with E-state index >= 15 is 0 Å². The first-order valence-electron chi connectivity index (χ1n) is 7.49. The van der Waals surface area contributed by atoms with Crippen LogP contribution in [0.5, 0.6) is 5.75 Å². The summed E-state index contributed by atoms with van der Waals surface area (Å²) in [4.78, 5) is 12.5. The van der Waals surface area contributed by atoms with Gasteiger partial charge >= 0.3 is 0 Å². The quantitative estimate of drug-likeness (QED) is 0.504. The monoisotopic (exact) mass is 306 g/mol. The van der Waals surface area contributed by atoms with E-state index in [-0.39, 0.29) is 12.6 Å². The Balaban J connectivity index is 1.77. The van der Waals surface area contributed by atoms with Gasteiger partial charge in [0.25, 0.3) is 0 Å². The Kier molecular flexibility index (Phi) is 4.69. The summed E-state index contributed by atoms with van der Waals surface area (Å²) < 4.78 is 10.3. The van der Waals surface area contributed by atoms with Crippen LogP contribution in [0.2, 0.25) is 0 Å². The second-order valence-corrected chi connectivity index (χ2v) is 5.36. The van der Waals surface area contributed by atoms with E-state index in [1.165, 1.54) is 5.39 Å². The van der Waals surface area contributed by atoms with Crippen molar-refractivity contribution in [2.24, 2.45) is 0 Å².